The molecule has 0 unspecified atom stereocenters. The topological polar surface area (TPSA) is 71.8 Å². The number of pyridine rings is 2. The molecule has 1 N–H and O–H groups in total. The van der Waals surface area contributed by atoms with E-state index in [1.54, 1.807) is 24.7 Å². The van der Waals surface area contributed by atoms with Gasteiger partial charge in [-0.05, 0) is 6.07 Å². The first kappa shape index (κ1) is 7.25. The first-order chi connectivity index (χ1) is 6.84. The molecule has 0 aliphatic heterocycles. The molecule has 3 aromatic heterocycles. The Labute approximate surface area is 77.4 Å². The second kappa shape index (κ2) is 2.41. The number of H-pyrrole nitrogens is 1. The molecule has 0 saturated heterocycles. The molecule has 0 aromatic carbocycles. The van der Waals surface area contributed by atoms with E-state index in [2.05, 4.69) is 15.0 Å². The van der Waals surface area contributed by atoms with Gasteiger partial charge in [-0.2, -0.15) is 0 Å². The van der Waals surface area contributed by atoms with Gasteiger partial charge in [0.1, 0.15) is 5.52 Å². The standard InChI is InChI=1S/C9H5N3O2/c13-9-12-7-4-11-6-1-2-10-3-5(6)8(7)14-9/h1-4H,(H,12,13). The molecule has 0 spiro atoms. The lowest BCUT2D eigenvalue weighted by molar-refractivity contribution is 0.558. The Morgan fingerprint density at radius 3 is 3.21 bits per heavy atom. The lowest BCUT2D eigenvalue weighted by Crippen LogP contribution is -1.92. The zero-order valence-corrected chi connectivity index (χ0v) is 7.02. The molecule has 3 aromatic rings. The summed E-state index contributed by atoms with van der Waals surface area (Å²) in [6.07, 6.45) is 4.84. The van der Waals surface area contributed by atoms with Crippen LogP contribution in [0.25, 0.3) is 22.0 Å². The number of hydrogen-bond donors (Lipinski definition) is 1. The fourth-order valence-electron chi connectivity index (χ4n) is 1.44. The number of nitrogens with one attached hydrogen (secondary N) is 1. The van der Waals surface area contributed by atoms with Crippen molar-refractivity contribution in [3.05, 3.63) is 35.2 Å². The molecule has 0 bridgehead atoms. The van der Waals surface area contributed by atoms with E-state index >= 15 is 0 Å². The number of oxazole rings is 1. The fraction of sp³-hybridized carbons (Fsp3) is 0. The predicted octanol–water partition coefficient (Wildman–Crippen LogP) is 1.06. The molecular weight excluding hydrogens is 182 g/mol. The van der Waals surface area contributed by atoms with E-state index in [0.717, 1.165) is 10.9 Å². The minimum absolute atomic E-state index is 0.474. The van der Waals surface area contributed by atoms with Crippen LogP contribution in [0, 0.1) is 0 Å². The molecule has 3 heterocycles. The maximum atomic E-state index is 11.0. The van der Waals surface area contributed by atoms with Gasteiger partial charge < -0.3 is 4.42 Å². The monoisotopic (exact) mass is 187 g/mol. The summed E-state index contributed by atoms with van der Waals surface area (Å²) in [6, 6.07) is 1.77. The summed E-state index contributed by atoms with van der Waals surface area (Å²) >= 11 is 0. The van der Waals surface area contributed by atoms with Crippen molar-refractivity contribution in [2.24, 2.45) is 0 Å². The number of rotatable bonds is 0. The van der Waals surface area contributed by atoms with Gasteiger partial charge in [-0.25, -0.2) is 4.79 Å². The van der Waals surface area contributed by atoms with E-state index in [1.165, 1.54) is 0 Å². The Kier molecular flexibility index (Phi) is 1.25. The van der Waals surface area contributed by atoms with Crippen LogP contribution in [0.4, 0.5) is 0 Å². The van der Waals surface area contributed by atoms with Gasteiger partial charge in [0.2, 0.25) is 0 Å². The first-order valence-corrected chi connectivity index (χ1v) is 4.06. The highest BCUT2D eigenvalue weighted by Crippen LogP contribution is 2.19. The molecule has 0 aliphatic carbocycles. The lowest BCUT2D eigenvalue weighted by Gasteiger charge is -1.94. The number of aromatic amines is 1. The van der Waals surface area contributed by atoms with Gasteiger partial charge in [0.15, 0.2) is 5.58 Å². The summed E-state index contributed by atoms with van der Waals surface area (Å²) in [5.74, 6) is -0.474. The predicted molar refractivity (Wildman–Crippen MR) is 49.9 cm³/mol. The van der Waals surface area contributed by atoms with Crippen molar-refractivity contribution in [3.8, 4) is 0 Å². The van der Waals surface area contributed by atoms with E-state index in [1.807, 2.05) is 0 Å². The van der Waals surface area contributed by atoms with Crippen LogP contribution in [0.3, 0.4) is 0 Å². The Balaban J connectivity index is 2.66. The summed E-state index contributed by atoms with van der Waals surface area (Å²) in [5, 5.41) is 0.739. The van der Waals surface area contributed by atoms with Crippen molar-refractivity contribution in [1.82, 2.24) is 15.0 Å². The van der Waals surface area contributed by atoms with Crippen LogP contribution in [0.5, 0.6) is 0 Å². The van der Waals surface area contributed by atoms with Gasteiger partial charge in [0.05, 0.1) is 17.1 Å². The SMILES string of the molecule is O=c1[nH]c2cnc3ccncc3c2o1. The summed E-state index contributed by atoms with van der Waals surface area (Å²) in [7, 11) is 0. The largest absolute Gasteiger partial charge is 0.417 e. The van der Waals surface area contributed by atoms with Gasteiger partial charge in [-0.1, -0.05) is 0 Å². The average Bonchev–Trinajstić information content (AvgIpc) is 2.59. The third kappa shape index (κ3) is 0.861. The minimum Gasteiger partial charge on any atom is -0.407 e. The van der Waals surface area contributed by atoms with Crippen LogP contribution in [-0.4, -0.2) is 15.0 Å². The van der Waals surface area contributed by atoms with Crippen LogP contribution >= 0.6 is 0 Å². The van der Waals surface area contributed by atoms with Crippen LogP contribution in [0.1, 0.15) is 0 Å². The second-order valence-electron chi connectivity index (χ2n) is 2.91. The highest BCUT2D eigenvalue weighted by Gasteiger charge is 2.06. The van der Waals surface area contributed by atoms with Crippen molar-refractivity contribution in [2.45, 2.75) is 0 Å². The molecule has 14 heavy (non-hydrogen) atoms. The van der Waals surface area contributed by atoms with Gasteiger partial charge in [0, 0.05) is 12.4 Å². The fourth-order valence-corrected chi connectivity index (χ4v) is 1.44. The Morgan fingerprint density at radius 2 is 2.29 bits per heavy atom. The normalized spacial score (nSPS) is 11.1. The Hall–Kier alpha value is -2.17. The molecule has 5 nitrogen and oxygen atoms in total. The minimum atomic E-state index is -0.474. The summed E-state index contributed by atoms with van der Waals surface area (Å²) in [5.41, 5.74) is 1.86. The molecule has 0 amide bonds. The Bertz CT molecular complexity index is 668. The molecular formula is C9H5N3O2. The average molecular weight is 187 g/mol. The molecule has 0 fully saturated rings. The molecule has 0 atom stereocenters. The zero-order chi connectivity index (χ0) is 9.54. The van der Waals surface area contributed by atoms with Crippen LogP contribution < -0.4 is 5.76 Å². The van der Waals surface area contributed by atoms with Crippen molar-refractivity contribution >= 4 is 22.0 Å². The smallest absolute Gasteiger partial charge is 0.407 e. The van der Waals surface area contributed by atoms with Crippen LogP contribution in [0.15, 0.2) is 33.9 Å². The van der Waals surface area contributed by atoms with Crippen molar-refractivity contribution < 1.29 is 4.42 Å². The van der Waals surface area contributed by atoms with Gasteiger partial charge in [0.25, 0.3) is 0 Å². The van der Waals surface area contributed by atoms with Gasteiger partial charge in [-0.3, -0.25) is 15.0 Å². The van der Waals surface area contributed by atoms with Crippen LogP contribution in [-0.2, 0) is 0 Å². The molecule has 0 aliphatic rings. The van der Waals surface area contributed by atoms with Crippen molar-refractivity contribution in [3.63, 3.8) is 0 Å². The third-order valence-electron chi connectivity index (χ3n) is 2.05. The number of hydrogen-bond acceptors (Lipinski definition) is 4. The molecule has 0 saturated carbocycles. The lowest BCUT2D eigenvalue weighted by atomic mass is 10.2. The maximum absolute atomic E-state index is 11.0. The number of fused-ring (bicyclic) bond motifs is 3. The van der Waals surface area contributed by atoms with E-state index in [4.69, 9.17) is 4.42 Å². The number of aromatic nitrogens is 3. The number of nitrogens with zero attached hydrogens (tertiary/aromatic N) is 2. The van der Waals surface area contributed by atoms with Crippen molar-refractivity contribution in [2.75, 3.05) is 0 Å². The summed E-state index contributed by atoms with van der Waals surface area (Å²) < 4.78 is 4.99. The molecule has 5 heteroatoms. The van der Waals surface area contributed by atoms with Crippen LogP contribution in [0.2, 0.25) is 0 Å². The van der Waals surface area contributed by atoms with E-state index in [0.29, 0.717) is 11.1 Å². The summed E-state index contributed by atoms with van der Waals surface area (Å²) in [6.45, 7) is 0. The highest BCUT2D eigenvalue weighted by molar-refractivity contribution is 5.99. The van der Waals surface area contributed by atoms with E-state index in [-0.39, 0.29) is 0 Å². The highest BCUT2D eigenvalue weighted by atomic mass is 16.4. The zero-order valence-electron chi connectivity index (χ0n) is 7.02. The Morgan fingerprint density at radius 1 is 1.36 bits per heavy atom. The second-order valence-corrected chi connectivity index (χ2v) is 2.91. The summed E-state index contributed by atoms with van der Waals surface area (Å²) in [4.78, 5) is 21.6. The third-order valence-corrected chi connectivity index (χ3v) is 2.05. The van der Waals surface area contributed by atoms with Gasteiger partial charge in [-0.15, -0.1) is 0 Å². The molecule has 68 valence electrons. The molecule has 0 radical (unpaired) electrons. The maximum Gasteiger partial charge on any atom is 0.417 e. The van der Waals surface area contributed by atoms with E-state index in [9.17, 15) is 4.79 Å². The van der Waals surface area contributed by atoms with Gasteiger partial charge >= 0.3 is 5.76 Å². The first-order valence-electron chi connectivity index (χ1n) is 4.06. The quantitative estimate of drug-likeness (QED) is 0.571. The molecule has 3 rings (SSSR count). The van der Waals surface area contributed by atoms with E-state index < -0.39 is 5.76 Å². The van der Waals surface area contributed by atoms with Crippen molar-refractivity contribution in [1.29, 1.82) is 0 Å².